The van der Waals surface area contributed by atoms with E-state index < -0.39 is 0 Å². The van der Waals surface area contributed by atoms with Gasteiger partial charge in [0.15, 0.2) is 0 Å². The first-order valence-electron chi connectivity index (χ1n) is 7.17. The van der Waals surface area contributed by atoms with Crippen molar-refractivity contribution in [3.05, 3.63) is 22.2 Å². The van der Waals surface area contributed by atoms with Gasteiger partial charge in [-0.2, -0.15) is 0 Å². The molecule has 4 nitrogen and oxygen atoms in total. The van der Waals surface area contributed by atoms with Crippen LogP contribution in [0.5, 0.6) is 11.5 Å². The van der Waals surface area contributed by atoms with Gasteiger partial charge in [0.2, 0.25) is 0 Å². The van der Waals surface area contributed by atoms with Crippen LogP contribution in [0.4, 0.5) is 0 Å². The second kappa shape index (κ2) is 8.01. The van der Waals surface area contributed by atoms with Gasteiger partial charge in [-0.1, -0.05) is 13.8 Å². The van der Waals surface area contributed by atoms with Crippen LogP contribution in [0.3, 0.4) is 0 Å². The van der Waals surface area contributed by atoms with Crippen LogP contribution in [0, 0.1) is 0 Å². The quantitative estimate of drug-likeness (QED) is 0.763. The van der Waals surface area contributed by atoms with Gasteiger partial charge in [0, 0.05) is 12.7 Å². The molecular formula is C16H26BrNO3. The van der Waals surface area contributed by atoms with E-state index in [-0.39, 0.29) is 11.6 Å². The van der Waals surface area contributed by atoms with Crippen molar-refractivity contribution in [1.82, 2.24) is 5.32 Å². The van der Waals surface area contributed by atoms with Crippen LogP contribution in [-0.2, 0) is 4.74 Å². The third kappa shape index (κ3) is 3.35. The average Bonchev–Trinajstić information content (AvgIpc) is 2.52. The number of nitrogens with one attached hydrogen (secondary N) is 1. The lowest BCUT2D eigenvalue weighted by molar-refractivity contribution is -0.0472. The highest BCUT2D eigenvalue weighted by Crippen LogP contribution is 2.44. The molecule has 0 aliphatic rings. The molecule has 21 heavy (non-hydrogen) atoms. The Balaban J connectivity index is 3.44. The zero-order valence-electron chi connectivity index (χ0n) is 13.7. The molecule has 0 aliphatic heterocycles. The number of rotatable bonds is 8. The van der Waals surface area contributed by atoms with Crippen molar-refractivity contribution in [2.45, 2.75) is 38.3 Å². The summed E-state index contributed by atoms with van der Waals surface area (Å²) in [6, 6.07) is 4.00. The molecule has 120 valence electrons. The van der Waals surface area contributed by atoms with E-state index in [0.29, 0.717) is 0 Å². The molecule has 1 aromatic carbocycles. The molecule has 0 amide bonds. The predicted octanol–water partition coefficient (Wildman–Crippen LogP) is 3.93. The van der Waals surface area contributed by atoms with Crippen LogP contribution < -0.4 is 14.8 Å². The van der Waals surface area contributed by atoms with Gasteiger partial charge >= 0.3 is 0 Å². The Labute approximate surface area is 136 Å². The normalized spacial score (nSPS) is 13.1. The monoisotopic (exact) mass is 359 g/mol. The van der Waals surface area contributed by atoms with Gasteiger partial charge in [-0.3, -0.25) is 0 Å². The van der Waals surface area contributed by atoms with E-state index in [4.69, 9.17) is 14.2 Å². The fourth-order valence-corrected chi connectivity index (χ4v) is 3.60. The summed E-state index contributed by atoms with van der Waals surface area (Å²) in [6.45, 7) is 4.28. The first-order chi connectivity index (χ1) is 10.0. The van der Waals surface area contributed by atoms with Gasteiger partial charge in [0.1, 0.15) is 16.0 Å². The molecule has 1 atom stereocenters. The van der Waals surface area contributed by atoms with Crippen molar-refractivity contribution in [3.8, 4) is 11.5 Å². The summed E-state index contributed by atoms with van der Waals surface area (Å²) in [6.07, 6.45) is 1.80. The third-order valence-corrected chi connectivity index (χ3v) is 5.00. The van der Waals surface area contributed by atoms with E-state index in [9.17, 15) is 0 Å². The van der Waals surface area contributed by atoms with Crippen LogP contribution in [0.1, 0.15) is 38.3 Å². The highest BCUT2D eigenvalue weighted by atomic mass is 79.9. The minimum Gasteiger partial charge on any atom is -0.495 e. The van der Waals surface area contributed by atoms with E-state index in [1.807, 2.05) is 19.2 Å². The molecule has 0 spiro atoms. The molecular weight excluding hydrogens is 334 g/mol. The SMILES string of the molecule is CCC(CC)(OC)C(NC)c1ccc(OC)c(Br)c1OC. The Morgan fingerprint density at radius 3 is 2.14 bits per heavy atom. The number of methoxy groups -OCH3 is 3. The van der Waals surface area contributed by atoms with E-state index in [1.165, 1.54) is 0 Å². The first kappa shape index (κ1) is 18.3. The van der Waals surface area contributed by atoms with Crippen molar-refractivity contribution in [3.63, 3.8) is 0 Å². The molecule has 0 radical (unpaired) electrons. The maximum atomic E-state index is 5.88. The second-order valence-corrected chi connectivity index (χ2v) is 5.69. The number of likely N-dealkylation sites (N-methyl/N-ethyl adjacent to an activating group) is 1. The molecule has 1 N–H and O–H groups in total. The first-order valence-corrected chi connectivity index (χ1v) is 7.97. The highest BCUT2D eigenvalue weighted by molar-refractivity contribution is 9.10. The summed E-state index contributed by atoms with van der Waals surface area (Å²) in [5.41, 5.74) is 0.772. The molecule has 0 aliphatic carbocycles. The largest absolute Gasteiger partial charge is 0.495 e. The van der Waals surface area contributed by atoms with Crippen molar-refractivity contribution < 1.29 is 14.2 Å². The zero-order chi connectivity index (χ0) is 16.0. The maximum Gasteiger partial charge on any atom is 0.141 e. The molecule has 0 bridgehead atoms. The summed E-state index contributed by atoms with van der Waals surface area (Å²) < 4.78 is 17.6. The molecule has 0 saturated carbocycles. The number of ether oxygens (including phenoxy) is 3. The summed E-state index contributed by atoms with van der Waals surface area (Å²) in [5.74, 6) is 1.53. The third-order valence-electron chi connectivity index (χ3n) is 4.25. The summed E-state index contributed by atoms with van der Waals surface area (Å²) >= 11 is 3.56. The van der Waals surface area contributed by atoms with Gasteiger partial charge in [0.25, 0.3) is 0 Å². The Hall–Kier alpha value is -0.780. The van der Waals surface area contributed by atoms with Crippen molar-refractivity contribution in [1.29, 1.82) is 0 Å². The standard InChI is InChI=1S/C16H26BrNO3/c1-7-16(8-2,21-6)15(18-3)11-9-10-12(19-4)13(17)14(11)20-5/h9-10,15,18H,7-8H2,1-6H3. The van der Waals surface area contributed by atoms with Crippen molar-refractivity contribution >= 4 is 15.9 Å². The van der Waals surface area contributed by atoms with Gasteiger partial charge in [-0.15, -0.1) is 0 Å². The van der Waals surface area contributed by atoms with Crippen LogP contribution in [-0.4, -0.2) is 34.0 Å². The molecule has 1 rings (SSSR count). The molecule has 1 unspecified atom stereocenters. The average molecular weight is 360 g/mol. The topological polar surface area (TPSA) is 39.7 Å². The minimum atomic E-state index is -0.282. The molecule has 0 heterocycles. The molecule has 0 saturated heterocycles. The van der Waals surface area contributed by atoms with Crippen molar-refractivity contribution in [2.75, 3.05) is 28.4 Å². The van der Waals surface area contributed by atoms with E-state index >= 15 is 0 Å². The van der Waals surface area contributed by atoms with Gasteiger partial charge in [-0.25, -0.2) is 0 Å². The summed E-state index contributed by atoms with van der Waals surface area (Å²) in [7, 11) is 7.03. The van der Waals surface area contributed by atoms with Crippen LogP contribution >= 0.6 is 15.9 Å². The fraction of sp³-hybridized carbons (Fsp3) is 0.625. The lowest BCUT2D eigenvalue weighted by Crippen LogP contribution is -2.43. The summed E-state index contributed by atoms with van der Waals surface area (Å²) in [4.78, 5) is 0. The zero-order valence-corrected chi connectivity index (χ0v) is 15.3. The van der Waals surface area contributed by atoms with Gasteiger partial charge in [0.05, 0.1) is 25.9 Å². The maximum absolute atomic E-state index is 5.88. The number of benzene rings is 1. The van der Waals surface area contributed by atoms with Crippen molar-refractivity contribution in [2.24, 2.45) is 0 Å². The Morgan fingerprint density at radius 2 is 1.76 bits per heavy atom. The Morgan fingerprint density at radius 1 is 1.14 bits per heavy atom. The lowest BCUT2D eigenvalue weighted by Gasteiger charge is -2.39. The Bertz CT molecular complexity index is 453. The molecule has 0 fully saturated rings. The summed E-state index contributed by atoms with van der Waals surface area (Å²) in [5, 5.41) is 3.38. The fourth-order valence-electron chi connectivity index (χ4n) is 2.91. The lowest BCUT2D eigenvalue weighted by atomic mass is 9.83. The second-order valence-electron chi connectivity index (χ2n) is 4.90. The van der Waals surface area contributed by atoms with E-state index in [1.54, 1.807) is 21.3 Å². The molecule has 5 heteroatoms. The Kier molecular flexibility index (Phi) is 6.97. The van der Waals surface area contributed by atoms with Crippen LogP contribution in [0.2, 0.25) is 0 Å². The highest BCUT2D eigenvalue weighted by Gasteiger charge is 2.38. The smallest absolute Gasteiger partial charge is 0.141 e. The van der Waals surface area contributed by atoms with Gasteiger partial charge < -0.3 is 19.5 Å². The van der Waals surface area contributed by atoms with Crippen LogP contribution in [0.25, 0.3) is 0 Å². The van der Waals surface area contributed by atoms with E-state index in [0.717, 1.165) is 34.4 Å². The molecule has 1 aromatic rings. The molecule has 0 aromatic heterocycles. The van der Waals surface area contributed by atoms with Crippen LogP contribution in [0.15, 0.2) is 16.6 Å². The van der Waals surface area contributed by atoms with Gasteiger partial charge in [-0.05, 0) is 48.0 Å². The van der Waals surface area contributed by atoms with E-state index in [2.05, 4.69) is 35.1 Å². The predicted molar refractivity (Wildman–Crippen MR) is 89.4 cm³/mol. The number of hydrogen-bond acceptors (Lipinski definition) is 4. The number of hydrogen-bond donors (Lipinski definition) is 1. The minimum absolute atomic E-state index is 0.0228. The number of halogens is 1.